The number of nitrogens with one attached hydrogen (secondary N) is 1. The summed E-state index contributed by atoms with van der Waals surface area (Å²) >= 11 is 0. The summed E-state index contributed by atoms with van der Waals surface area (Å²) < 4.78 is 40.2. The van der Waals surface area contributed by atoms with Crippen LogP contribution in [-0.4, -0.2) is 19.6 Å². The van der Waals surface area contributed by atoms with Crippen LogP contribution < -0.4 is 10.2 Å². The molecule has 21 heavy (non-hydrogen) atoms. The highest BCUT2D eigenvalue weighted by atomic mass is 19.4. The summed E-state index contributed by atoms with van der Waals surface area (Å²) in [5.41, 5.74) is 0.511. The number of halogens is 3. The number of alkyl halides is 3. The molecule has 2 rings (SSSR count). The zero-order valence-electron chi connectivity index (χ0n) is 12.6. The van der Waals surface area contributed by atoms with Crippen LogP contribution in [0.4, 0.5) is 18.9 Å². The van der Waals surface area contributed by atoms with E-state index < -0.39 is 11.7 Å². The van der Waals surface area contributed by atoms with Gasteiger partial charge in [0.15, 0.2) is 0 Å². The molecule has 1 aromatic rings. The van der Waals surface area contributed by atoms with Crippen LogP contribution in [0.5, 0.6) is 0 Å². The summed E-state index contributed by atoms with van der Waals surface area (Å²) in [5.74, 6) is 0. The molecule has 0 atom stereocenters. The van der Waals surface area contributed by atoms with Crippen molar-refractivity contribution in [3.63, 3.8) is 0 Å². The number of hydrogen-bond donors (Lipinski definition) is 1. The number of nitrogens with zero attached hydrogens (tertiary/aromatic N) is 1. The Morgan fingerprint density at radius 2 is 2.00 bits per heavy atom. The molecule has 118 valence electrons. The average molecular weight is 300 g/mol. The fourth-order valence-corrected chi connectivity index (χ4v) is 2.59. The quantitative estimate of drug-likeness (QED) is 0.812. The molecule has 1 N–H and O–H groups in total. The third-order valence-corrected chi connectivity index (χ3v) is 3.80. The fraction of sp³-hybridized carbons (Fsp3) is 0.625. The SMILES string of the molecule is CCCCN(c1ccc(CNC)cc1C(F)(F)F)C1CC1. The minimum atomic E-state index is -4.31. The monoisotopic (exact) mass is 300 g/mol. The normalized spacial score (nSPS) is 15.3. The number of benzene rings is 1. The van der Waals surface area contributed by atoms with Crippen LogP contribution in [0.15, 0.2) is 18.2 Å². The molecule has 5 heteroatoms. The number of anilines is 1. The van der Waals surface area contributed by atoms with Gasteiger partial charge < -0.3 is 10.2 Å². The standard InChI is InChI=1S/C16H23F3N2/c1-3-4-9-21(13-6-7-13)15-8-5-12(11-20-2)10-14(15)16(17,18)19/h5,8,10,13,20H,3-4,6-7,9,11H2,1-2H3. The Hall–Kier alpha value is -1.23. The first kappa shape index (κ1) is 16.1. The molecule has 0 aromatic heterocycles. The summed E-state index contributed by atoms with van der Waals surface area (Å²) in [7, 11) is 1.74. The van der Waals surface area contributed by atoms with E-state index in [1.165, 1.54) is 6.07 Å². The Morgan fingerprint density at radius 1 is 1.29 bits per heavy atom. The molecule has 1 aromatic carbocycles. The molecule has 0 aliphatic heterocycles. The van der Waals surface area contributed by atoms with Crippen molar-refractivity contribution >= 4 is 5.69 Å². The molecule has 0 unspecified atom stereocenters. The molecule has 0 saturated heterocycles. The summed E-state index contributed by atoms with van der Waals surface area (Å²) in [6.07, 6.45) is -0.397. The Kier molecular flexibility index (Phi) is 5.14. The van der Waals surface area contributed by atoms with Gasteiger partial charge in [-0.1, -0.05) is 19.4 Å². The van der Waals surface area contributed by atoms with Gasteiger partial charge >= 0.3 is 6.18 Å². The lowest BCUT2D eigenvalue weighted by molar-refractivity contribution is -0.137. The highest BCUT2D eigenvalue weighted by Crippen LogP contribution is 2.41. The summed E-state index contributed by atoms with van der Waals surface area (Å²) in [6.45, 7) is 3.21. The second-order valence-electron chi connectivity index (χ2n) is 5.66. The van der Waals surface area contributed by atoms with Crippen LogP contribution >= 0.6 is 0 Å². The van der Waals surface area contributed by atoms with E-state index >= 15 is 0 Å². The minimum absolute atomic E-state index is 0.285. The third kappa shape index (κ3) is 4.13. The molecule has 1 fully saturated rings. The topological polar surface area (TPSA) is 15.3 Å². The van der Waals surface area contributed by atoms with Gasteiger partial charge in [0.2, 0.25) is 0 Å². The van der Waals surface area contributed by atoms with Gasteiger partial charge in [0, 0.05) is 24.8 Å². The Morgan fingerprint density at radius 3 is 2.52 bits per heavy atom. The van der Waals surface area contributed by atoms with Gasteiger partial charge in [-0.3, -0.25) is 0 Å². The predicted molar refractivity (Wildman–Crippen MR) is 79.5 cm³/mol. The fourth-order valence-electron chi connectivity index (χ4n) is 2.59. The van der Waals surface area contributed by atoms with Crippen molar-refractivity contribution in [2.75, 3.05) is 18.5 Å². The summed E-state index contributed by atoms with van der Waals surface area (Å²) in [4.78, 5) is 1.95. The van der Waals surface area contributed by atoms with Gasteiger partial charge in [-0.2, -0.15) is 13.2 Å². The molecule has 1 aliphatic rings. The maximum atomic E-state index is 13.4. The third-order valence-electron chi connectivity index (χ3n) is 3.80. The molecule has 0 amide bonds. The zero-order chi connectivity index (χ0) is 15.5. The zero-order valence-corrected chi connectivity index (χ0v) is 12.6. The molecule has 0 bridgehead atoms. The smallest absolute Gasteiger partial charge is 0.368 e. The lowest BCUT2D eigenvalue weighted by Crippen LogP contribution is -2.29. The van der Waals surface area contributed by atoms with Crippen LogP contribution in [0, 0.1) is 0 Å². The highest BCUT2D eigenvalue weighted by Gasteiger charge is 2.38. The van der Waals surface area contributed by atoms with E-state index in [-0.39, 0.29) is 6.04 Å². The van der Waals surface area contributed by atoms with Gasteiger partial charge in [0.25, 0.3) is 0 Å². The molecule has 2 nitrogen and oxygen atoms in total. The summed E-state index contributed by atoms with van der Waals surface area (Å²) in [5, 5.41) is 2.90. The maximum Gasteiger partial charge on any atom is 0.418 e. The average Bonchev–Trinajstić information content (AvgIpc) is 3.24. The first-order valence-electron chi connectivity index (χ1n) is 7.58. The van der Waals surface area contributed by atoms with Crippen LogP contribution in [0.25, 0.3) is 0 Å². The Labute approximate surface area is 124 Å². The first-order chi connectivity index (χ1) is 9.97. The van der Waals surface area contributed by atoms with E-state index in [1.54, 1.807) is 19.2 Å². The molecule has 0 spiro atoms. The van der Waals surface area contributed by atoms with Crippen molar-refractivity contribution in [2.45, 2.75) is 51.4 Å². The van der Waals surface area contributed by atoms with Gasteiger partial charge in [-0.05, 0) is 44.0 Å². The molecule has 1 aliphatic carbocycles. The summed E-state index contributed by atoms with van der Waals surface area (Å²) in [6, 6.07) is 5.01. The lowest BCUT2D eigenvalue weighted by atomic mass is 10.1. The van der Waals surface area contributed by atoms with Crippen molar-refractivity contribution in [3.05, 3.63) is 29.3 Å². The van der Waals surface area contributed by atoms with Crippen molar-refractivity contribution in [1.29, 1.82) is 0 Å². The Balaban J connectivity index is 2.35. The van der Waals surface area contributed by atoms with Crippen molar-refractivity contribution in [2.24, 2.45) is 0 Å². The largest absolute Gasteiger partial charge is 0.418 e. The minimum Gasteiger partial charge on any atom is -0.368 e. The van der Waals surface area contributed by atoms with E-state index in [2.05, 4.69) is 12.2 Å². The van der Waals surface area contributed by atoms with Gasteiger partial charge in [-0.15, -0.1) is 0 Å². The Bertz CT molecular complexity index is 467. The highest BCUT2D eigenvalue weighted by molar-refractivity contribution is 5.58. The van der Waals surface area contributed by atoms with E-state index in [1.807, 2.05) is 4.90 Å². The molecular weight excluding hydrogens is 277 g/mol. The lowest BCUT2D eigenvalue weighted by Gasteiger charge is -2.28. The maximum absolute atomic E-state index is 13.4. The van der Waals surface area contributed by atoms with Gasteiger partial charge in [0.05, 0.1) is 5.56 Å². The first-order valence-corrected chi connectivity index (χ1v) is 7.58. The second-order valence-corrected chi connectivity index (χ2v) is 5.66. The van der Waals surface area contributed by atoms with Crippen LogP contribution in [0.3, 0.4) is 0 Å². The van der Waals surface area contributed by atoms with E-state index in [4.69, 9.17) is 0 Å². The molecule has 0 heterocycles. The predicted octanol–water partition coefficient (Wildman–Crippen LogP) is 4.19. The number of rotatable bonds is 7. The van der Waals surface area contributed by atoms with E-state index in [0.717, 1.165) is 25.7 Å². The molecule has 0 radical (unpaired) electrons. The van der Waals surface area contributed by atoms with E-state index in [0.29, 0.717) is 24.3 Å². The van der Waals surface area contributed by atoms with Crippen LogP contribution in [-0.2, 0) is 12.7 Å². The van der Waals surface area contributed by atoms with Gasteiger partial charge in [-0.25, -0.2) is 0 Å². The van der Waals surface area contributed by atoms with E-state index in [9.17, 15) is 13.2 Å². The van der Waals surface area contributed by atoms with Crippen LogP contribution in [0.2, 0.25) is 0 Å². The van der Waals surface area contributed by atoms with Crippen LogP contribution in [0.1, 0.15) is 43.7 Å². The number of unbranched alkanes of at least 4 members (excludes halogenated alkanes) is 1. The van der Waals surface area contributed by atoms with Crippen molar-refractivity contribution in [1.82, 2.24) is 5.32 Å². The van der Waals surface area contributed by atoms with Crippen molar-refractivity contribution < 1.29 is 13.2 Å². The van der Waals surface area contributed by atoms with Crippen molar-refractivity contribution in [3.8, 4) is 0 Å². The molecular formula is C16H23F3N2. The number of hydrogen-bond acceptors (Lipinski definition) is 2. The second kappa shape index (κ2) is 6.69. The molecule has 1 saturated carbocycles. The van der Waals surface area contributed by atoms with Gasteiger partial charge in [0.1, 0.15) is 0 Å².